The number of aromatic nitrogens is 2. The lowest BCUT2D eigenvalue weighted by atomic mass is 9.80. The summed E-state index contributed by atoms with van der Waals surface area (Å²) in [7, 11) is 1.68. The lowest BCUT2D eigenvalue weighted by Crippen LogP contribution is -2.34. The Morgan fingerprint density at radius 3 is 3.00 bits per heavy atom. The van der Waals surface area contributed by atoms with Gasteiger partial charge in [-0.1, -0.05) is 5.16 Å². The van der Waals surface area contributed by atoms with Gasteiger partial charge < -0.3 is 21.0 Å². The molecule has 0 unspecified atom stereocenters. The fourth-order valence-electron chi connectivity index (χ4n) is 2.49. The molecule has 1 aromatic heterocycles. The molecule has 0 aliphatic heterocycles. The van der Waals surface area contributed by atoms with Crippen LogP contribution in [0.3, 0.4) is 0 Å². The van der Waals surface area contributed by atoms with Crippen LogP contribution < -0.4 is 11.1 Å². The van der Waals surface area contributed by atoms with E-state index < -0.39 is 0 Å². The molecule has 1 aliphatic carbocycles. The minimum atomic E-state index is -0.106. The van der Waals surface area contributed by atoms with E-state index >= 15 is 0 Å². The molecular weight excluding hydrogens is 274 g/mol. The van der Waals surface area contributed by atoms with Crippen molar-refractivity contribution < 1.29 is 14.7 Å². The number of nitrogens with zero attached hydrogens (tertiary/aromatic N) is 3. The van der Waals surface area contributed by atoms with Crippen LogP contribution in [0.5, 0.6) is 0 Å². The van der Waals surface area contributed by atoms with E-state index in [1.807, 2.05) is 6.92 Å². The SMILES string of the molecule is CCOC1CC(CC(=O)Nc2c(C(N)=NO)cnn2C)C1. The second-order valence-corrected chi connectivity index (χ2v) is 5.18. The molecular formula is C13H21N5O3. The summed E-state index contributed by atoms with van der Waals surface area (Å²) in [4.78, 5) is 12.1. The monoisotopic (exact) mass is 295 g/mol. The van der Waals surface area contributed by atoms with Crippen molar-refractivity contribution in [1.29, 1.82) is 0 Å². The summed E-state index contributed by atoms with van der Waals surface area (Å²) < 4.78 is 6.96. The average Bonchev–Trinajstić information content (AvgIpc) is 2.77. The summed E-state index contributed by atoms with van der Waals surface area (Å²) in [5, 5.41) is 18.4. The van der Waals surface area contributed by atoms with E-state index in [2.05, 4.69) is 15.6 Å². The van der Waals surface area contributed by atoms with Crippen molar-refractivity contribution in [3.63, 3.8) is 0 Å². The van der Waals surface area contributed by atoms with Gasteiger partial charge in [-0.05, 0) is 25.7 Å². The number of amides is 1. The van der Waals surface area contributed by atoms with Crippen molar-refractivity contribution in [2.24, 2.45) is 23.9 Å². The van der Waals surface area contributed by atoms with E-state index in [-0.39, 0.29) is 17.8 Å². The van der Waals surface area contributed by atoms with Gasteiger partial charge in [-0.25, -0.2) is 0 Å². The number of oxime groups is 1. The summed E-state index contributed by atoms with van der Waals surface area (Å²) >= 11 is 0. The molecule has 0 atom stereocenters. The van der Waals surface area contributed by atoms with Gasteiger partial charge in [0, 0.05) is 20.1 Å². The maximum absolute atomic E-state index is 12.1. The molecule has 0 bridgehead atoms. The second-order valence-electron chi connectivity index (χ2n) is 5.18. The number of ether oxygens (including phenoxy) is 1. The van der Waals surface area contributed by atoms with Crippen molar-refractivity contribution in [2.75, 3.05) is 11.9 Å². The molecule has 1 fully saturated rings. The summed E-state index contributed by atoms with van der Waals surface area (Å²) in [6.07, 6.45) is 4.00. The Morgan fingerprint density at radius 1 is 1.67 bits per heavy atom. The van der Waals surface area contributed by atoms with E-state index in [4.69, 9.17) is 15.7 Å². The third-order valence-corrected chi connectivity index (χ3v) is 3.65. The van der Waals surface area contributed by atoms with Crippen LogP contribution in [0.25, 0.3) is 0 Å². The number of hydrogen-bond acceptors (Lipinski definition) is 5. The lowest BCUT2D eigenvalue weighted by Gasteiger charge is -2.34. The van der Waals surface area contributed by atoms with Crippen LogP contribution >= 0.6 is 0 Å². The fraction of sp³-hybridized carbons (Fsp3) is 0.615. The number of amidine groups is 1. The maximum Gasteiger partial charge on any atom is 0.225 e. The summed E-state index contributed by atoms with van der Waals surface area (Å²) in [5.41, 5.74) is 5.95. The average molecular weight is 295 g/mol. The van der Waals surface area contributed by atoms with Gasteiger partial charge in [0.25, 0.3) is 0 Å². The number of anilines is 1. The number of carbonyl (C=O) groups excluding carboxylic acids is 1. The molecule has 1 amide bonds. The van der Waals surface area contributed by atoms with Gasteiger partial charge in [-0.15, -0.1) is 0 Å². The lowest BCUT2D eigenvalue weighted by molar-refractivity contribution is -0.119. The van der Waals surface area contributed by atoms with Crippen molar-refractivity contribution in [1.82, 2.24) is 9.78 Å². The number of nitrogens with two attached hydrogens (primary N) is 1. The third kappa shape index (κ3) is 3.52. The van der Waals surface area contributed by atoms with Gasteiger partial charge in [-0.3, -0.25) is 9.48 Å². The molecule has 1 aromatic rings. The molecule has 8 heteroatoms. The van der Waals surface area contributed by atoms with Gasteiger partial charge in [-0.2, -0.15) is 5.10 Å². The third-order valence-electron chi connectivity index (χ3n) is 3.65. The minimum absolute atomic E-state index is 0.0848. The summed E-state index contributed by atoms with van der Waals surface area (Å²) in [5.74, 6) is 0.585. The van der Waals surface area contributed by atoms with Crippen LogP contribution in [-0.2, 0) is 16.6 Å². The predicted molar refractivity (Wildman–Crippen MR) is 77.1 cm³/mol. The van der Waals surface area contributed by atoms with Crippen molar-refractivity contribution in [3.8, 4) is 0 Å². The molecule has 2 rings (SSSR count). The molecule has 0 radical (unpaired) electrons. The molecule has 1 aliphatic rings. The molecule has 0 saturated heterocycles. The number of hydrogen-bond donors (Lipinski definition) is 3. The van der Waals surface area contributed by atoms with Gasteiger partial charge in [0.1, 0.15) is 5.82 Å². The number of nitrogens with one attached hydrogen (secondary N) is 1. The van der Waals surface area contributed by atoms with E-state index in [9.17, 15) is 4.79 Å². The Bertz CT molecular complexity index is 534. The van der Waals surface area contributed by atoms with E-state index in [0.717, 1.165) is 12.8 Å². The van der Waals surface area contributed by atoms with Crippen molar-refractivity contribution in [3.05, 3.63) is 11.8 Å². The normalized spacial score (nSPS) is 21.9. The number of rotatable bonds is 6. The van der Waals surface area contributed by atoms with Crippen LogP contribution in [0.15, 0.2) is 11.4 Å². The zero-order chi connectivity index (χ0) is 15.4. The van der Waals surface area contributed by atoms with Gasteiger partial charge in [0.2, 0.25) is 5.91 Å². The highest BCUT2D eigenvalue weighted by atomic mass is 16.5. The Hall–Kier alpha value is -2.09. The highest BCUT2D eigenvalue weighted by molar-refractivity contribution is 6.04. The maximum atomic E-state index is 12.1. The molecule has 8 nitrogen and oxygen atoms in total. The molecule has 1 heterocycles. The van der Waals surface area contributed by atoms with Crippen LogP contribution in [0.2, 0.25) is 0 Å². The topological polar surface area (TPSA) is 115 Å². The first-order chi connectivity index (χ1) is 10.0. The Labute approximate surface area is 122 Å². The standard InChI is InChI=1S/C13H21N5O3/c1-3-21-9-4-8(5-9)6-11(19)16-13-10(12(14)17-20)7-15-18(13)2/h7-9,20H,3-6H2,1-2H3,(H2,14,17)(H,16,19). The van der Waals surface area contributed by atoms with E-state index in [0.29, 0.717) is 30.3 Å². The first-order valence-electron chi connectivity index (χ1n) is 6.96. The highest BCUT2D eigenvalue weighted by Crippen LogP contribution is 2.33. The minimum Gasteiger partial charge on any atom is -0.409 e. The molecule has 0 aromatic carbocycles. The molecule has 1 saturated carbocycles. The number of aryl methyl sites for hydroxylation is 1. The Morgan fingerprint density at radius 2 is 2.38 bits per heavy atom. The van der Waals surface area contributed by atoms with Crippen LogP contribution in [-0.4, -0.2) is 39.4 Å². The second kappa shape index (κ2) is 6.57. The Balaban J connectivity index is 1.90. The highest BCUT2D eigenvalue weighted by Gasteiger charge is 2.31. The fourth-order valence-corrected chi connectivity index (χ4v) is 2.49. The molecule has 4 N–H and O–H groups in total. The van der Waals surface area contributed by atoms with Gasteiger partial charge in [0.05, 0.1) is 17.9 Å². The van der Waals surface area contributed by atoms with Gasteiger partial charge in [0.15, 0.2) is 5.84 Å². The summed E-state index contributed by atoms with van der Waals surface area (Å²) in [6.45, 7) is 2.68. The van der Waals surface area contributed by atoms with E-state index in [1.54, 1.807) is 7.05 Å². The number of carbonyl (C=O) groups is 1. The van der Waals surface area contributed by atoms with E-state index in [1.165, 1.54) is 10.9 Å². The van der Waals surface area contributed by atoms with Crippen LogP contribution in [0, 0.1) is 5.92 Å². The predicted octanol–water partition coefficient (Wildman–Crippen LogP) is 0.658. The van der Waals surface area contributed by atoms with Crippen LogP contribution in [0.1, 0.15) is 31.7 Å². The Kier molecular flexibility index (Phi) is 4.79. The quantitative estimate of drug-likeness (QED) is 0.308. The zero-order valence-corrected chi connectivity index (χ0v) is 12.2. The molecule has 116 valence electrons. The van der Waals surface area contributed by atoms with Crippen molar-refractivity contribution >= 4 is 17.6 Å². The summed E-state index contributed by atoms with van der Waals surface area (Å²) in [6, 6.07) is 0. The first kappa shape index (κ1) is 15.3. The van der Waals surface area contributed by atoms with Crippen molar-refractivity contribution in [2.45, 2.75) is 32.3 Å². The molecule has 21 heavy (non-hydrogen) atoms. The first-order valence-corrected chi connectivity index (χ1v) is 6.96. The van der Waals surface area contributed by atoms with Crippen LogP contribution in [0.4, 0.5) is 5.82 Å². The smallest absolute Gasteiger partial charge is 0.225 e. The molecule has 0 spiro atoms. The largest absolute Gasteiger partial charge is 0.409 e. The zero-order valence-electron chi connectivity index (χ0n) is 12.2. The van der Waals surface area contributed by atoms with Gasteiger partial charge >= 0.3 is 0 Å².